The Morgan fingerprint density at radius 1 is 0.971 bits per heavy atom. The number of methoxy groups -OCH3 is 1. The molecule has 0 radical (unpaired) electrons. The van der Waals surface area contributed by atoms with Crippen LogP contribution in [-0.2, 0) is 0 Å². The molecule has 2 aromatic carbocycles. The van der Waals surface area contributed by atoms with Crippen LogP contribution in [0.5, 0.6) is 11.5 Å². The summed E-state index contributed by atoms with van der Waals surface area (Å²) < 4.78 is 11.7. The van der Waals surface area contributed by atoms with Crippen LogP contribution in [0.15, 0.2) is 54.9 Å². The fraction of sp³-hybridized carbons (Fsp3) is 0.280. The molecule has 10 heteroatoms. The number of nitrogens with one attached hydrogen (secondary N) is 2. The van der Waals surface area contributed by atoms with E-state index in [0.29, 0.717) is 34.5 Å². The molecule has 0 unspecified atom stereocenters. The van der Waals surface area contributed by atoms with Crippen molar-refractivity contribution in [3.63, 3.8) is 0 Å². The Kier molecular flexibility index (Phi) is 6.52. The van der Waals surface area contributed by atoms with Crippen molar-refractivity contribution in [3.8, 4) is 11.5 Å². The van der Waals surface area contributed by atoms with Gasteiger partial charge in [0, 0.05) is 35.6 Å². The third-order valence-electron chi connectivity index (χ3n) is 5.98. The van der Waals surface area contributed by atoms with Crippen LogP contribution in [0.1, 0.15) is 12.8 Å². The lowest BCUT2D eigenvalue weighted by atomic mass is 9.88. The Labute approximate surface area is 208 Å². The van der Waals surface area contributed by atoms with Crippen LogP contribution in [0.4, 0.5) is 23.4 Å². The maximum Gasteiger partial charge on any atom is 0.229 e. The monoisotopic (exact) mass is 491 g/mol. The second kappa shape index (κ2) is 9.89. The number of ether oxygens (including phenoxy) is 2. The quantitative estimate of drug-likeness (QED) is 0.351. The molecule has 4 aromatic rings. The second-order valence-corrected chi connectivity index (χ2v) is 8.98. The lowest BCUT2D eigenvalue weighted by molar-refractivity contribution is 0.0383. The van der Waals surface area contributed by atoms with Crippen molar-refractivity contribution in [3.05, 3.63) is 59.9 Å². The molecule has 0 amide bonds. The van der Waals surface area contributed by atoms with Crippen molar-refractivity contribution < 1.29 is 9.47 Å². The van der Waals surface area contributed by atoms with E-state index in [0.717, 1.165) is 35.2 Å². The van der Waals surface area contributed by atoms with Crippen molar-refractivity contribution in [2.45, 2.75) is 25.0 Å². The molecule has 2 heterocycles. The van der Waals surface area contributed by atoms with E-state index in [2.05, 4.69) is 49.6 Å². The summed E-state index contributed by atoms with van der Waals surface area (Å²) in [7, 11) is 5.83. The number of fused-ring (bicyclic) bond motifs is 1. The highest BCUT2D eigenvalue weighted by Crippen LogP contribution is 2.36. The number of anilines is 4. The lowest BCUT2D eigenvalue weighted by Gasteiger charge is -2.39. The Hall–Kier alpha value is -3.69. The fourth-order valence-corrected chi connectivity index (χ4v) is 4.11. The normalized spacial score (nSPS) is 17.2. The molecule has 180 valence electrons. The molecule has 0 spiro atoms. The summed E-state index contributed by atoms with van der Waals surface area (Å²) in [5.41, 5.74) is 1.53. The van der Waals surface area contributed by atoms with Gasteiger partial charge in [0.15, 0.2) is 11.5 Å². The Morgan fingerprint density at radius 2 is 1.80 bits per heavy atom. The minimum atomic E-state index is 0.203. The van der Waals surface area contributed by atoms with Crippen LogP contribution < -0.4 is 20.1 Å². The molecular formula is C25H26ClN7O2. The van der Waals surface area contributed by atoms with Gasteiger partial charge in [-0.1, -0.05) is 17.7 Å². The van der Waals surface area contributed by atoms with Crippen LogP contribution in [-0.4, -0.2) is 58.2 Å². The highest BCUT2D eigenvalue weighted by molar-refractivity contribution is 6.35. The molecule has 5 rings (SSSR count). The third-order valence-corrected chi connectivity index (χ3v) is 6.31. The first-order valence-electron chi connectivity index (χ1n) is 11.3. The van der Waals surface area contributed by atoms with E-state index >= 15 is 0 Å². The Balaban J connectivity index is 1.27. The first-order valence-corrected chi connectivity index (χ1v) is 11.7. The van der Waals surface area contributed by atoms with Gasteiger partial charge in [-0.05, 0) is 57.3 Å². The topological polar surface area (TPSA) is 97.3 Å². The molecule has 2 N–H and O–H groups in total. The predicted molar refractivity (Wildman–Crippen MR) is 137 cm³/mol. The fourth-order valence-electron chi connectivity index (χ4n) is 3.89. The summed E-state index contributed by atoms with van der Waals surface area (Å²) in [4.78, 5) is 19.9. The van der Waals surface area contributed by atoms with Gasteiger partial charge in [-0.15, -0.1) is 0 Å². The van der Waals surface area contributed by atoms with Crippen molar-refractivity contribution in [1.29, 1.82) is 0 Å². The molecule has 1 aliphatic rings. The van der Waals surface area contributed by atoms with Crippen molar-refractivity contribution in [2.24, 2.45) is 0 Å². The van der Waals surface area contributed by atoms with Gasteiger partial charge >= 0.3 is 0 Å². The number of aromatic nitrogens is 4. The molecule has 1 fully saturated rings. The molecule has 1 aliphatic carbocycles. The van der Waals surface area contributed by atoms with Gasteiger partial charge in [0.2, 0.25) is 11.9 Å². The minimum Gasteiger partial charge on any atom is -0.493 e. The van der Waals surface area contributed by atoms with Gasteiger partial charge in [-0.2, -0.15) is 4.98 Å². The SMILES string of the molecule is COc1cc(Nc2nccc(Nc3ncc4c(Cl)cccc4n3)n2)ccc1OC1CC(N(C)C)C1. The average Bonchev–Trinajstić information content (AvgIpc) is 2.82. The molecule has 0 atom stereocenters. The van der Waals surface area contributed by atoms with Crippen molar-refractivity contribution in [2.75, 3.05) is 31.8 Å². The summed E-state index contributed by atoms with van der Waals surface area (Å²) in [6.45, 7) is 0. The first-order chi connectivity index (χ1) is 17.0. The van der Waals surface area contributed by atoms with Crippen molar-refractivity contribution >= 4 is 45.9 Å². The Bertz CT molecular complexity index is 1340. The zero-order valence-corrected chi connectivity index (χ0v) is 20.5. The largest absolute Gasteiger partial charge is 0.493 e. The van der Waals surface area contributed by atoms with E-state index in [-0.39, 0.29) is 6.10 Å². The number of halogens is 1. The third kappa shape index (κ3) is 5.21. The van der Waals surface area contributed by atoms with Gasteiger partial charge in [0.25, 0.3) is 0 Å². The number of hydrogen-bond donors (Lipinski definition) is 2. The summed E-state index contributed by atoms with van der Waals surface area (Å²) in [6, 6.07) is 13.6. The van der Waals surface area contributed by atoms with E-state index in [1.54, 1.807) is 25.6 Å². The van der Waals surface area contributed by atoms with Gasteiger partial charge in [0.05, 0.1) is 17.6 Å². The van der Waals surface area contributed by atoms with Crippen LogP contribution in [0.25, 0.3) is 10.9 Å². The Morgan fingerprint density at radius 3 is 2.60 bits per heavy atom. The van der Waals surface area contributed by atoms with E-state index in [1.807, 2.05) is 36.4 Å². The maximum absolute atomic E-state index is 6.20. The molecule has 0 aliphatic heterocycles. The molecule has 35 heavy (non-hydrogen) atoms. The number of hydrogen-bond acceptors (Lipinski definition) is 9. The maximum atomic E-state index is 6.20. The molecule has 1 saturated carbocycles. The predicted octanol–water partition coefficient (Wildman–Crippen LogP) is 5.04. The molecule has 0 saturated heterocycles. The number of benzene rings is 2. The van der Waals surface area contributed by atoms with E-state index in [4.69, 9.17) is 21.1 Å². The minimum absolute atomic E-state index is 0.203. The number of nitrogens with zero attached hydrogens (tertiary/aromatic N) is 5. The van der Waals surface area contributed by atoms with Crippen LogP contribution >= 0.6 is 11.6 Å². The van der Waals surface area contributed by atoms with Gasteiger partial charge in [-0.3, -0.25) is 0 Å². The van der Waals surface area contributed by atoms with E-state index in [1.165, 1.54) is 0 Å². The standard InChI is InChI=1S/C25H26ClN7O2/c1-33(2)16-12-17(13-16)35-21-8-7-15(11-22(21)34-3)29-24-27-10-9-23(31-24)32-25-28-14-18-19(26)5-4-6-20(18)30-25/h4-11,14,16-17H,12-13H2,1-3H3,(H2,27,28,29,30,31,32). The first kappa shape index (κ1) is 23.1. The summed E-state index contributed by atoms with van der Waals surface area (Å²) in [5, 5.41) is 7.73. The highest BCUT2D eigenvalue weighted by atomic mass is 35.5. The van der Waals surface area contributed by atoms with E-state index in [9.17, 15) is 0 Å². The summed E-state index contributed by atoms with van der Waals surface area (Å²) in [5.74, 6) is 2.77. The van der Waals surface area contributed by atoms with Gasteiger partial charge < -0.3 is 25.0 Å². The average molecular weight is 492 g/mol. The van der Waals surface area contributed by atoms with Crippen LogP contribution in [0, 0.1) is 0 Å². The summed E-state index contributed by atoms with van der Waals surface area (Å²) >= 11 is 6.20. The molecule has 2 aromatic heterocycles. The summed E-state index contributed by atoms with van der Waals surface area (Å²) in [6.07, 6.45) is 5.57. The van der Waals surface area contributed by atoms with Crippen molar-refractivity contribution in [1.82, 2.24) is 24.8 Å². The van der Waals surface area contributed by atoms with Crippen LogP contribution in [0.2, 0.25) is 5.02 Å². The number of rotatable bonds is 8. The van der Waals surface area contributed by atoms with E-state index < -0.39 is 0 Å². The lowest BCUT2D eigenvalue weighted by Crippen LogP contribution is -2.46. The van der Waals surface area contributed by atoms with Crippen LogP contribution in [0.3, 0.4) is 0 Å². The molecule has 9 nitrogen and oxygen atoms in total. The second-order valence-electron chi connectivity index (χ2n) is 8.58. The highest BCUT2D eigenvalue weighted by Gasteiger charge is 2.32. The van der Waals surface area contributed by atoms with Gasteiger partial charge in [0.1, 0.15) is 11.9 Å². The molecular weight excluding hydrogens is 466 g/mol. The smallest absolute Gasteiger partial charge is 0.229 e. The molecule has 0 bridgehead atoms. The van der Waals surface area contributed by atoms with Gasteiger partial charge in [-0.25, -0.2) is 15.0 Å². The zero-order chi connectivity index (χ0) is 24.4. The zero-order valence-electron chi connectivity index (χ0n) is 19.7.